The van der Waals surface area contributed by atoms with Gasteiger partial charge in [0.2, 0.25) is 0 Å². The first kappa shape index (κ1) is 20.6. The van der Waals surface area contributed by atoms with Gasteiger partial charge < -0.3 is 5.32 Å². The van der Waals surface area contributed by atoms with E-state index in [2.05, 4.69) is 55.1 Å². The van der Waals surface area contributed by atoms with E-state index in [1.54, 1.807) is 6.20 Å². The van der Waals surface area contributed by atoms with Gasteiger partial charge in [-0.15, -0.1) is 0 Å². The Hall–Kier alpha value is -3.65. The van der Waals surface area contributed by atoms with E-state index in [4.69, 9.17) is 0 Å². The van der Waals surface area contributed by atoms with Crippen molar-refractivity contribution in [1.82, 2.24) is 25.1 Å². The Bertz CT molecular complexity index is 1140. The molecule has 0 aliphatic carbocycles. The molecule has 1 aliphatic rings. The Labute approximate surface area is 180 Å². The molecule has 8 nitrogen and oxygen atoms in total. The van der Waals surface area contributed by atoms with Crippen LogP contribution in [0.25, 0.3) is 16.5 Å². The fourth-order valence-electron chi connectivity index (χ4n) is 3.77. The number of benzene rings is 1. The van der Waals surface area contributed by atoms with Crippen molar-refractivity contribution in [2.75, 3.05) is 25.0 Å². The molecule has 1 aliphatic heterocycles. The van der Waals surface area contributed by atoms with Crippen molar-refractivity contribution in [3.05, 3.63) is 65.9 Å². The summed E-state index contributed by atoms with van der Waals surface area (Å²) >= 11 is 0. The number of nitrogens with zero attached hydrogens (tertiary/aromatic N) is 5. The summed E-state index contributed by atoms with van der Waals surface area (Å²) in [6.07, 6.45) is 11.0. The molecule has 1 fully saturated rings. The number of hydrogen-bond acceptors (Lipinski definition) is 6. The van der Waals surface area contributed by atoms with Gasteiger partial charge in [0.05, 0.1) is 11.7 Å². The maximum atomic E-state index is 12.7. The van der Waals surface area contributed by atoms with Crippen LogP contribution in [0.15, 0.2) is 59.6 Å². The molecule has 4 rings (SSSR count). The van der Waals surface area contributed by atoms with Crippen LogP contribution in [0.5, 0.6) is 0 Å². The highest BCUT2D eigenvalue weighted by atomic mass is 16.2. The summed E-state index contributed by atoms with van der Waals surface area (Å²) in [4.78, 5) is 27.2. The summed E-state index contributed by atoms with van der Waals surface area (Å²) in [6, 6.07) is 5.93. The van der Waals surface area contributed by atoms with Crippen LogP contribution >= 0.6 is 0 Å². The van der Waals surface area contributed by atoms with E-state index < -0.39 is 0 Å². The molecule has 1 amide bonds. The highest BCUT2D eigenvalue weighted by molar-refractivity contribution is 6.11. The molecule has 3 aromatic rings. The van der Waals surface area contributed by atoms with E-state index >= 15 is 0 Å². The number of allylic oxidation sites excluding steroid dienone is 1. The van der Waals surface area contributed by atoms with Gasteiger partial charge in [-0.2, -0.15) is 5.10 Å². The van der Waals surface area contributed by atoms with Gasteiger partial charge in [-0.1, -0.05) is 12.1 Å². The molecular weight excluding hydrogens is 390 g/mol. The van der Waals surface area contributed by atoms with Gasteiger partial charge in [0.15, 0.2) is 11.5 Å². The fraction of sp³-hybridized carbons (Fsp3) is 0.261. The third-order valence-corrected chi connectivity index (χ3v) is 5.30. The van der Waals surface area contributed by atoms with E-state index in [0.29, 0.717) is 11.5 Å². The number of hydrogen-bond donors (Lipinski definition) is 2. The van der Waals surface area contributed by atoms with Gasteiger partial charge in [0.25, 0.3) is 5.91 Å². The van der Waals surface area contributed by atoms with Crippen LogP contribution < -0.4 is 5.32 Å². The third kappa shape index (κ3) is 4.92. The van der Waals surface area contributed by atoms with Crippen molar-refractivity contribution < 1.29 is 4.79 Å². The number of carbonyl (C=O) groups is 1. The molecule has 0 saturated carbocycles. The number of likely N-dealkylation sites (tertiary alicyclic amines) is 1. The summed E-state index contributed by atoms with van der Waals surface area (Å²) in [6.45, 7) is 8.76. The minimum absolute atomic E-state index is 0.316. The molecule has 8 heteroatoms. The molecule has 0 atom stereocenters. The van der Waals surface area contributed by atoms with Crippen LogP contribution in [-0.4, -0.2) is 57.3 Å². The highest BCUT2D eigenvalue weighted by Gasteiger charge is 2.16. The zero-order chi connectivity index (χ0) is 21.6. The predicted octanol–water partition coefficient (Wildman–Crippen LogP) is 3.69. The van der Waals surface area contributed by atoms with Gasteiger partial charge in [-0.3, -0.25) is 24.8 Å². The quantitative estimate of drug-likeness (QED) is 0.453. The Balaban J connectivity index is 1.59. The number of anilines is 1. The Morgan fingerprint density at radius 2 is 2.16 bits per heavy atom. The fourth-order valence-corrected chi connectivity index (χ4v) is 3.77. The molecule has 31 heavy (non-hydrogen) atoms. The van der Waals surface area contributed by atoms with Crippen LogP contribution in [0.3, 0.4) is 0 Å². The van der Waals surface area contributed by atoms with Gasteiger partial charge in [0, 0.05) is 30.5 Å². The maximum Gasteiger partial charge on any atom is 0.277 e. The molecule has 0 spiro atoms. The van der Waals surface area contributed by atoms with Crippen molar-refractivity contribution in [2.24, 2.45) is 4.99 Å². The molecule has 0 radical (unpaired) electrons. The average molecular weight is 416 g/mol. The summed E-state index contributed by atoms with van der Waals surface area (Å²) in [5.74, 6) is 0.0421. The van der Waals surface area contributed by atoms with Crippen LogP contribution in [-0.2, 0) is 0 Å². The summed E-state index contributed by atoms with van der Waals surface area (Å²) in [7, 11) is 0. The molecule has 0 unspecified atom stereocenters. The van der Waals surface area contributed by atoms with Gasteiger partial charge in [-0.05, 0) is 68.4 Å². The van der Waals surface area contributed by atoms with Gasteiger partial charge in [-0.25, -0.2) is 4.98 Å². The minimum Gasteiger partial charge on any atom is -0.304 e. The highest BCUT2D eigenvalue weighted by Crippen LogP contribution is 2.24. The first-order chi connectivity index (χ1) is 15.1. The molecule has 3 heterocycles. The zero-order valence-electron chi connectivity index (χ0n) is 17.5. The number of aromatic amines is 1. The van der Waals surface area contributed by atoms with Crippen molar-refractivity contribution in [1.29, 1.82) is 0 Å². The average Bonchev–Trinajstić information content (AvgIpc) is 3.43. The van der Waals surface area contributed by atoms with E-state index in [1.807, 2.05) is 24.4 Å². The molecule has 1 aromatic carbocycles. The Morgan fingerprint density at radius 1 is 1.32 bits per heavy atom. The summed E-state index contributed by atoms with van der Waals surface area (Å²) in [5, 5.41) is 10.6. The Kier molecular flexibility index (Phi) is 6.28. The molecule has 0 bridgehead atoms. The molecule has 1 saturated heterocycles. The van der Waals surface area contributed by atoms with E-state index in [9.17, 15) is 4.79 Å². The molecule has 2 aromatic heterocycles. The standard InChI is InChI=1S/C23H25N7O/c1-16(11-17(13-24-2)15-30-9-3-4-10-30)18-5-6-20-19(12-18)22(29-28-20)23(31)27-21-14-25-7-8-26-21/h5-8,11-14H,2-4,9-10,15H2,1H3,(H,28,29)(H,26,27,31)/b16-11+,17-13+. The van der Waals surface area contributed by atoms with Crippen LogP contribution in [0, 0.1) is 0 Å². The number of carbonyl (C=O) groups excluding carboxylic acids is 1. The monoisotopic (exact) mass is 415 g/mol. The van der Waals surface area contributed by atoms with E-state index in [1.165, 1.54) is 25.2 Å². The topological polar surface area (TPSA) is 99.2 Å². The zero-order valence-corrected chi connectivity index (χ0v) is 17.5. The number of rotatable bonds is 7. The van der Waals surface area contributed by atoms with Crippen molar-refractivity contribution in [3.63, 3.8) is 0 Å². The van der Waals surface area contributed by atoms with Gasteiger partial charge >= 0.3 is 0 Å². The lowest BCUT2D eigenvalue weighted by Crippen LogP contribution is -2.21. The molecular formula is C23H25N7O. The second kappa shape index (κ2) is 9.44. The molecule has 158 valence electrons. The number of nitrogens with one attached hydrogen (secondary N) is 2. The van der Waals surface area contributed by atoms with Crippen molar-refractivity contribution >= 4 is 34.9 Å². The number of amides is 1. The first-order valence-corrected chi connectivity index (χ1v) is 10.3. The minimum atomic E-state index is -0.337. The predicted molar refractivity (Wildman–Crippen MR) is 123 cm³/mol. The SMILES string of the molecule is C=N/C=C(\C=C(/C)c1ccc2[nH]nc(C(=O)Nc3cnccn3)c2c1)CN1CCCC1. The summed E-state index contributed by atoms with van der Waals surface area (Å²) in [5.41, 5.74) is 4.32. The first-order valence-electron chi connectivity index (χ1n) is 10.3. The summed E-state index contributed by atoms with van der Waals surface area (Å²) < 4.78 is 0. The third-order valence-electron chi connectivity index (χ3n) is 5.30. The number of aliphatic imine (C=N–C) groups is 1. The van der Waals surface area contributed by atoms with Crippen LogP contribution in [0.1, 0.15) is 35.8 Å². The van der Waals surface area contributed by atoms with Gasteiger partial charge in [0.1, 0.15) is 0 Å². The lowest BCUT2D eigenvalue weighted by Gasteiger charge is -2.15. The normalized spacial score (nSPS) is 15.4. The van der Waals surface area contributed by atoms with E-state index in [0.717, 1.165) is 47.2 Å². The second-order valence-electron chi connectivity index (χ2n) is 7.57. The van der Waals surface area contributed by atoms with Crippen LogP contribution in [0.2, 0.25) is 0 Å². The molecule has 2 N–H and O–H groups in total. The van der Waals surface area contributed by atoms with Crippen molar-refractivity contribution in [3.8, 4) is 0 Å². The largest absolute Gasteiger partial charge is 0.304 e. The van der Waals surface area contributed by atoms with E-state index in [-0.39, 0.29) is 5.91 Å². The lowest BCUT2D eigenvalue weighted by molar-refractivity contribution is 0.102. The Morgan fingerprint density at radius 3 is 2.90 bits per heavy atom. The van der Waals surface area contributed by atoms with Crippen LogP contribution in [0.4, 0.5) is 5.82 Å². The lowest BCUT2D eigenvalue weighted by atomic mass is 10.0. The number of fused-ring (bicyclic) bond motifs is 1. The number of aromatic nitrogens is 4. The smallest absolute Gasteiger partial charge is 0.277 e. The van der Waals surface area contributed by atoms with Crippen molar-refractivity contribution in [2.45, 2.75) is 19.8 Å². The maximum absolute atomic E-state index is 12.7. The second-order valence-corrected chi connectivity index (χ2v) is 7.57. The number of H-pyrrole nitrogens is 1.